The molecule has 1 aromatic carbocycles. The molecule has 0 amide bonds. The summed E-state index contributed by atoms with van der Waals surface area (Å²) in [6.45, 7) is 4.03. The second kappa shape index (κ2) is 10.1. The fourth-order valence-electron chi connectivity index (χ4n) is 4.05. The Balaban J connectivity index is 0.00000144. The predicted molar refractivity (Wildman–Crippen MR) is 101 cm³/mol. The van der Waals surface area contributed by atoms with Gasteiger partial charge in [0.05, 0.1) is 5.56 Å². The van der Waals surface area contributed by atoms with Crippen molar-refractivity contribution in [2.24, 2.45) is 5.92 Å². The quantitative estimate of drug-likeness (QED) is 0.851. The highest BCUT2D eigenvalue weighted by molar-refractivity contribution is 5.85. The van der Waals surface area contributed by atoms with E-state index in [0.29, 0.717) is 11.5 Å². The van der Waals surface area contributed by atoms with E-state index in [0.717, 1.165) is 31.7 Å². The van der Waals surface area contributed by atoms with Crippen molar-refractivity contribution in [1.82, 2.24) is 10.2 Å². The lowest BCUT2D eigenvalue weighted by atomic mass is 9.79. The van der Waals surface area contributed by atoms with Crippen LogP contribution in [-0.2, 0) is 0 Å². The SMILES string of the molecule is Cl.Cl.N#Cc1cccc([C@H](C2CCCCC2)N2CCNCC2)c1O. The fourth-order valence-corrected chi connectivity index (χ4v) is 4.05. The number of phenolic OH excluding ortho intramolecular Hbond substituents is 1. The topological polar surface area (TPSA) is 59.3 Å². The number of piperazine rings is 1. The van der Waals surface area contributed by atoms with E-state index in [-0.39, 0.29) is 36.6 Å². The van der Waals surface area contributed by atoms with Crippen molar-refractivity contribution in [2.75, 3.05) is 26.2 Å². The standard InChI is InChI=1S/C18H25N3O.2ClH/c19-13-15-7-4-8-16(18(15)22)17(14-5-2-1-3-6-14)21-11-9-20-10-12-21;;/h4,7-8,14,17,20,22H,1-3,5-6,9-12H2;2*1H/t17-;;/m0../s1. The van der Waals surface area contributed by atoms with Crippen LogP contribution in [-0.4, -0.2) is 36.2 Å². The monoisotopic (exact) mass is 371 g/mol. The average Bonchev–Trinajstić information content (AvgIpc) is 2.59. The highest BCUT2D eigenvalue weighted by Gasteiger charge is 2.32. The summed E-state index contributed by atoms with van der Waals surface area (Å²) >= 11 is 0. The maximum absolute atomic E-state index is 10.6. The van der Waals surface area contributed by atoms with Gasteiger partial charge in [-0.3, -0.25) is 4.90 Å². The Hall–Kier alpha value is -0.990. The maximum atomic E-state index is 10.6. The molecule has 1 aliphatic carbocycles. The normalized spacial score (nSPS) is 20.3. The van der Waals surface area contributed by atoms with Crippen molar-refractivity contribution in [1.29, 1.82) is 5.26 Å². The first-order valence-corrected chi connectivity index (χ1v) is 8.48. The Morgan fingerprint density at radius 2 is 1.79 bits per heavy atom. The molecule has 1 atom stereocenters. The summed E-state index contributed by atoms with van der Waals surface area (Å²) in [6, 6.07) is 7.98. The number of rotatable bonds is 3. The molecule has 0 radical (unpaired) electrons. The smallest absolute Gasteiger partial charge is 0.138 e. The summed E-state index contributed by atoms with van der Waals surface area (Å²) in [4.78, 5) is 2.50. The molecule has 1 aromatic rings. The van der Waals surface area contributed by atoms with E-state index in [1.54, 1.807) is 6.07 Å². The van der Waals surface area contributed by atoms with Crippen LogP contribution in [0.4, 0.5) is 0 Å². The molecule has 134 valence electrons. The molecule has 0 aromatic heterocycles. The molecule has 0 bridgehead atoms. The number of nitrogens with zero attached hydrogens (tertiary/aromatic N) is 2. The Labute approximate surface area is 157 Å². The van der Waals surface area contributed by atoms with Crippen LogP contribution in [0, 0.1) is 17.2 Å². The van der Waals surface area contributed by atoms with E-state index in [1.807, 2.05) is 12.1 Å². The Kier molecular flexibility index (Phi) is 8.86. The van der Waals surface area contributed by atoms with Gasteiger partial charge in [0.1, 0.15) is 11.8 Å². The van der Waals surface area contributed by atoms with Crippen molar-refractivity contribution in [2.45, 2.75) is 38.1 Å². The van der Waals surface area contributed by atoms with Gasteiger partial charge in [0, 0.05) is 37.8 Å². The number of para-hydroxylation sites is 1. The van der Waals surface area contributed by atoms with Crippen molar-refractivity contribution < 1.29 is 5.11 Å². The van der Waals surface area contributed by atoms with Gasteiger partial charge in [0.15, 0.2) is 0 Å². The van der Waals surface area contributed by atoms with Crippen LogP contribution < -0.4 is 5.32 Å². The van der Waals surface area contributed by atoms with E-state index in [4.69, 9.17) is 0 Å². The summed E-state index contributed by atoms with van der Waals surface area (Å²) in [6.07, 6.45) is 6.35. The lowest BCUT2D eigenvalue weighted by molar-refractivity contribution is 0.101. The lowest BCUT2D eigenvalue weighted by Gasteiger charge is -2.41. The zero-order chi connectivity index (χ0) is 15.4. The van der Waals surface area contributed by atoms with Gasteiger partial charge in [0.2, 0.25) is 0 Å². The predicted octanol–water partition coefficient (Wildman–Crippen LogP) is 3.63. The molecule has 0 spiro atoms. The minimum absolute atomic E-state index is 0. The number of hydrogen-bond donors (Lipinski definition) is 2. The highest BCUT2D eigenvalue weighted by Crippen LogP contribution is 2.42. The fraction of sp³-hybridized carbons (Fsp3) is 0.611. The molecule has 2 aliphatic rings. The third-order valence-electron chi connectivity index (χ3n) is 5.15. The van der Waals surface area contributed by atoms with E-state index in [9.17, 15) is 10.4 Å². The lowest BCUT2D eigenvalue weighted by Crippen LogP contribution is -2.47. The molecule has 1 saturated heterocycles. The number of nitrogens with one attached hydrogen (secondary N) is 1. The second-order valence-electron chi connectivity index (χ2n) is 6.48. The molecule has 2 N–H and O–H groups in total. The largest absolute Gasteiger partial charge is 0.506 e. The van der Waals surface area contributed by atoms with Gasteiger partial charge in [-0.1, -0.05) is 31.4 Å². The maximum Gasteiger partial charge on any atom is 0.138 e. The van der Waals surface area contributed by atoms with Gasteiger partial charge in [-0.05, 0) is 24.8 Å². The van der Waals surface area contributed by atoms with E-state index >= 15 is 0 Å². The molecular weight excluding hydrogens is 345 g/mol. The highest BCUT2D eigenvalue weighted by atomic mass is 35.5. The van der Waals surface area contributed by atoms with Crippen LogP contribution in [0.15, 0.2) is 18.2 Å². The minimum atomic E-state index is 0. The van der Waals surface area contributed by atoms with Gasteiger partial charge < -0.3 is 10.4 Å². The molecular formula is C18H27Cl2N3O. The first kappa shape index (κ1) is 21.1. The zero-order valence-electron chi connectivity index (χ0n) is 13.9. The molecule has 1 saturated carbocycles. The van der Waals surface area contributed by atoms with Crippen molar-refractivity contribution >= 4 is 24.8 Å². The van der Waals surface area contributed by atoms with E-state index < -0.39 is 0 Å². The number of nitriles is 1. The third-order valence-corrected chi connectivity index (χ3v) is 5.15. The minimum Gasteiger partial charge on any atom is -0.506 e. The van der Waals surface area contributed by atoms with Crippen LogP contribution >= 0.6 is 24.8 Å². The van der Waals surface area contributed by atoms with Gasteiger partial charge in [-0.2, -0.15) is 5.26 Å². The third kappa shape index (κ3) is 4.55. The molecule has 1 aliphatic heterocycles. The van der Waals surface area contributed by atoms with Crippen molar-refractivity contribution in [3.8, 4) is 11.8 Å². The van der Waals surface area contributed by atoms with Gasteiger partial charge in [-0.15, -0.1) is 24.8 Å². The van der Waals surface area contributed by atoms with Crippen LogP contribution in [0.5, 0.6) is 5.75 Å². The summed E-state index contributed by atoms with van der Waals surface area (Å²) in [5, 5.41) is 23.2. The summed E-state index contributed by atoms with van der Waals surface area (Å²) < 4.78 is 0. The molecule has 3 rings (SSSR count). The van der Waals surface area contributed by atoms with Crippen molar-refractivity contribution in [3.05, 3.63) is 29.3 Å². The number of benzene rings is 1. The molecule has 4 nitrogen and oxygen atoms in total. The number of aromatic hydroxyl groups is 1. The van der Waals surface area contributed by atoms with Gasteiger partial charge in [0.25, 0.3) is 0 Å². The molecule has 2 fully saturated rings. The van der Waals surface area contributed by atoms with Gasteiger partial charge in [-0.25, -0.2) is 0 Å². The van der Waals surface area contributed by atoms with E-state index in [2.05, 4.69) is 16.3 Å². The number of hydrogen-bond acceptors (Lipinski definition) is 4. The first-order chi connectivity index (χ1) is 10.8. The van der Waals surface area contributed by atoms with Crippen molar-refractivity contribution in [3.63, 3.8) is 0 Å². The molecule has 24 heavy (non-hydrogen) atoms. The van der Waals surface area contributed by atoms with Crippen LogP contribution in [0.2, 0.25) is 0 Å². The molecule has 1 heterocycles. The van der Waals surface area contributed by atoms with Crippen LogP contribution in [0.25, 0.3) is 0 Å². The van der Waals surface area contributed by atoms with Gasteiger partial charge >= 0.3 is 0 Å². The van der Waals surface area contributed by atoms with Crippen LogP contribution in [0.3, 0.4) is 0 Å². The zero-order valence-corrected chi connectivity index (χ0v) is 15.5. The second-order valence-corrected chi connectivity index (χ2v) is 6.48. The molecule has 0 unspecified atom stereocenters. The molecule has 6 heteroatoms. The number of halogens is 2. The summed E-state index contributed by atoms with van der Waals surface area (Å²) in [7, 11) is 0. The first-order valence-electron chi connectivity index (χ1n) is 8.48. The Morgan fingerprint density at radius 3 is 2.42 bits per heavy atom. The van der Waals surface area contributed by atoms with E-state index in [1.165, 1.54) is 32.1 Å². The Morgan fingerprint density at radius 1 is 1.12 bits per heavy atom. The average molecular weight is 372 g/mol. The summed E-state index contributed by atoms with van der Waals surface area (Å²) in [5.41, 5.74) is 1.35. The number of phenols is 1. The summed E-state index contributed by atoms with van der Waals surface area (Å²) in [5.74, 6) is 0.783. The van der Waals surface area contributed by atoms with Crippen LogP contribution in [0.1, 0.15) is 49.3 Å². The Bertz CT molecular complexity index is 532.